The number of amides is 6. The summed E-state index contributed by atoms with van der Waals surface area (Å²) in [5.41, 5.74) is 10.8. The average Bonchev–Trinajstić information content (AvgIpc) is 3.03. The van der Waals surface area contributed by atoms with E-state index in [1.54, 1.807) is 20.8 Å². The maximum atomic E-state index is 13.8. The van der Waals surface area contributed by atoms with Crippen molar-refractivity contribution in [2.75, 3.05) is 20.1 Å². The van der Waals surface area contributed by atoms with Crippen molar-refractivity contribution in [3.8, 4) is 0 Å². The zero-order valence-corrected chi connectivity index (χ0v) is 30.2. The second-order valence-electron chi connectivity index (χ2n) is 12.3. The van der Waals surface area contributed by atoms with E-state index in [0.29, 0.717) is 32.2 Å². The minimum atomic E-state index is -1.42. The van der Waals surface area contributed by atoms with Gasteiger partial charge in [-0.3, -0.25) is 33.8 Å². The first-order valence-electron chi connectivity index (χ1n) is 16.9. The van der Waals surface area contributed by atoms with Crippen LogP contribution in [0.5, 0.6) is 0 Å². The number of guanidine groups is 1. The summed E-state index contributed by atoms with van der Waals surface area (Å²) in [5.74, 6) is -4.04. The van der Waals surface area contributed by atoms with Gasteiger partial charge >= 0.3 is 0 Å². The summed E-state index contributed by atoms with van der Waals surface area (Å²) in [6.45, 7) is 14.1. The highest BCUT2D eigenvalue weighted by molar-refractivity contribution is 5.96. The van der Waals surface area contributed by atoms with E-state index in [1.807, 2.05) is 20.8 Å². The van der Waals surface area contributed by atoms with Crippen LogP contribution in [0.2, 0.25) is 0 Å². The lowest BCUT2D eigenvalue weighted by molar-refractivity contribution is -0.145. The summed E-state index contributed by atoms with van der Waals surface area (Å²) >= 11 is 0. The Morgan fingerprint density at radius 1 is 0.750 bits per heavy atom. The van der Waals surface area contributed by atoms with Crippen LogP contribution in [0.15, 0.2) is 4.99 Å². The van der Waals surface area contributed by atoms with Crippen LogP contribution in [0.4, 0.5) is 0 Å². The van der Waals surface area contributed by atoms with Crippen LogP contribution in [0.3, 0.4) is 0 Å². The van der Waals surface area contributed by atoms with Crippen molar-refractivity contribution in [1.29, 1.82) is 0 Å². The molecule has 0 aliphatic carbocycles. The normalized spacial score (nSPS) is 16.0. The SMILES string of the molecule is CCC[C@@H](C(=O)N[C@H](C(=O)N[C@@H](CCCN=C(N)N)C(=O)NCC)[C@@H](C)CC)N(C)C(=O)[C@@H](NC(=O)[C@H](NC(C)=O)[C@@H](C)CC)[C@@H](C)O. The highest BCUT2D eigenvalue weighted by atomic mass is 16.3. The molecule has 0 fully saturated rings. The number of nitrogens with zero attached hydrogens (tertiary/aromatic N) is 2. The Balaban J connectivity index is 6.15. The Kier molecular flexibility index (Phi) is 20.7. The number of hydrogen-bond acceptors (Lipinski definition) is 8. The molecule has 6 amide bonds. The molecule has 10 N–H and O–H groups in total. The van der Waals surface area contributed by atoms with Crippen molar-refractivity contribution in [3.63, 3.8) is 0 Å². The van der Waals surface area contributed by atoms with Gasteiger partial charge in [0.1, 0.15) is 30.2 Å². The minimum Gasteiger partial charge on any atom is -0.391 e. The molecule has 0 aromatic rings. The van der Waals surface area contributed by atoms with Crippen LogP contribution in [0.1, 0.15) is 93.9 Å². The molecule has 0 aliphatic rings. The summed E-state index contributed by atoms with van der Waals surface area (Å²) in [5, 5.41) is 23.9. The molecule has 0 saturated heterocycles. The number of aliphatic imine (C=N–C) groups is 1. The summed E-state index contributed by atoms with van der Waals surface area (Å²) in [7, 11) is 1.39. The van der Waals surface area contributed by atoms with Crippen LogP contribution in [0.25, 0.3) is 0 Å². The molecule has 0 radical (unpaired) electrons. The maximum absolute atomic E-state index is 13.8. The molecule has 0 unspecified atom stereocenters. The maximum Gasteiger partial charge on any atom is 0.248 e. The van der Waals surface area contributed by atoms with Gasteiger partial charge in [-0.2, -0.15) is 0 Å². The molecule has 8 atom stereocenters. The van der Waals surface area contributed by atoms with E-state index < -0.39 is 65.8 Å². The van der Waals surface area contributed by atoms with Crippen molar-refractivity contribution >= 4 is 41.4 Å². The van der Waals surface area contributed by atoms with Gasteiger partial charge in [0.05, 0.1) is 6.10 Å². The number of likely N-dealkylation sites (N-methyl/N-ethyl adjacent to an activating group) is 2. The Labute approximate surface area is 285 Å². The number of nitrogens with one attached hydrogen (secondary N) is 5. The van der Waals surface area contributed by atoms with E-state index in [0.717, 1.165) is 4.90 Å². The Bertz CT molecular complexity index is 1100. The Hall–Kier alpha value is -3.95. The fraction of sp³-hybridized carbons (Fsp3) is 0.781. The van der Waals surface area contributed by atoms with Gasteiger partial charge in [0, 0.05) is 27.1 Å². The lowest BCUT2D eigenvalue weighted by Gasteiger charge is -2.34. The minimum absolute atomic E-state index is 0.0827. The molecule has 0 spiro atoms. The number of carbonyl (C=O) groups is 6. The van der Waals surface area contributed by atoms with Gasteiger partial charge in [-0.15, -0.1) is 0 Å². The molecule has 276 valence electrons. The molecule has 16 nitrogen and oxygen atoms in total. The molecule has 48 heavy (non-hydrogen) atoms. The fourth-order valence-electron chi connectivity index (χ4n) is 4.98. The molecule has 0 bridgehead atoms. The topological polar surface area (TPSA) is 250 Å². The number of aliphatic hydroxyl groups is 1. The van der Waals surface area contributed by atoms with Crippen LogP contribution < -0.4 is 38.1 Å². The second kappa shape index (κ2) is 22.6. The standard InChI is InChI=1S/C32H61N9O7/c1-10-15-23(41(9)31(48)26(20(7)42)40-30(47)24(18(5)11-2)37-21(8)43)28(45)39-25(19(6)12-3)29(46)38-22(27(44)35-13-4)16-14-17-36-32(33)34/h18-20,22-26,42H,10-17H2,1-9H3,(H,35,44)(H,37,43)(H,38,46)(H,39,45)(H,40,47)(H4,33,34,36)/t18-,19-,20+,22-,23-,24+,25-,26-/m0/s1. The molecule has 16 heteroatoms. The third-order valence-electron chi connectivity index (χ3n) is 8.30. The van der Waals surface area contributed by atoms with Crippen LogP contribution in [-0.2, 0) is 28.8 Å². The van der Waals surface area contributed by atoms with Gasteiger partial charge in [-0.25, -0.2) is 0 Å². The molecule has 0 aliphatic heterocycles. The van der Waals surface area contributed by atoms with Gasteiger partial charge in [0.25, 0.3) is 0 Å². The van der Waals surface area contributed by atoms with Crippen LogP contribution in [0, 0.1) is 11.8 Å². The van der Waals surface area contributed by atoms with Gasteiger partial charge in [0.15, 0.2) is 5.96 Å². The highest BCUT2D eigenvalue weighted by Crippen LogP contribution is 2.15. The average molecular weight is 684 g/mol. The predicted octanol–water partition coefficient (Wildman–Crippen LogP) is -0.765. The number of nitrogens with two attached hydrogens (primary N) is 2. The molecule has 0 aromatic heterocycles. The van der Waals surface area contributed by atoms with Gasteiger partial charge in [-0.1, -0.05) is 53.9 Å². The Morgan fingerprint density at radius 3 is 1.73 bits per heavy atom. The molecule has 0 heterocycles. The van der Waals surface area contributed by atoms with Crippen LogP contribution in [-0.4, -0.2) is 108 Å². The van der Waals surface area contributed by atoms with E-state index in [1.165, 1.54) is 20.9 Å². The molecule has 0 aromatic carbocycles. The molecular formula is C32H61N9O7. The van der Waals surface area contributed by atoms with E-state index in [2.05, 4.69) is 31.6 Å². The number of aliphatic hydroxyl groups excluding tert-OH is 1. The first-order valence-corrected chi connectivity index (χ1v) is 16.9. The molecular weight excluding hydrogens is 622 g/mol. The zero-order chi connectivity index (χ0) is 37.1. The largest absolute Gasteiger partial charge is 0.391 e. The fourth-order valence-corrected chi connectivity index (χ4v) is 4.98. The van der Waals surface area contributed by atoms with E-state index in [9.17, 15) is 33.9 Å². The van der Waals surface area contributed by atoms with Crippen LogP contribution >= 0.6 is 0 Å². The first kappa shape index (κ1) is 44.0. The van der Waals surface area contributed by atoms with E-state index >= 15 is 0 Å². The first-order chi connectivity index (χ1) is 22.5. The highest BCUT2D eigenvalue weighted by Gasteiger charge is 2.38. The van der Waals surface area contributed by atoms with Gasteiger partial charge in [-0.05, 0) is 44.9 Å². The number of carbonyl (C=O) groups excluding carboxylic acids is 6. The number of hydrogen-bond donors (Lipinski definition) is 8. The summed E-state index contributed by atoms with van der Waals surface area (Å²) < 4.78 is 0. The van der Waals surface area contributed by atoms with Crippen molar-refractivity contribution in [2.24, 2.45) is 28.3 Å². The third-order valence-corrected chi connectivity index (χ3v) is 8.30. The van der Waals surface area contributed by atoms with Crippen molar-refractivity contribution in [1.82, 2.24) is 31.5 Å². The predicted molar refractivity (Wildman–Crippen MR) is 184 cm³/mol. The van der Waals surface area contributed by atoms with Gasteiger partial charge < -0.3 is 48.1 Å². The quantitative estimate of drug-likeness (QED) is 0.0405. The summed E-state index contributed by atoms with van der Waals surface area (Å²) in [6.07, 6.45) is 1.13. The second-order valence-corrected chi connectivity index (χ2v) is 12.3. The zero-order valence-electron chi connectivity index (χ0n) is 30.2. The summed E-state index contributed by atoms with van der Waals surface area (Å²) in [4.78, 5) is 83.9. The molecule has 0 saturated carbocycles. The molecule has 0 rings (SSSR count). The lowest BCUT2D eigenvalue weighted by atomic mass is 9.96. The number of rotatable bonds is 22. The lowest BCUT2D eigenvalue weighted by Crippen LogP contribution is -2.62. The monoisotopic (exact) mass is 683 g/mol. The third kappa shape index (κ3) is 14.9. The van der Waals surface area contributed by atoms with E-state index in [4.69, 9.17) is 11.5 Å². The van der Waals surface area contributed by atoms with Crippen molar-refractivity contribution in [2.45, 2.75) is 130 Å². The van der Waals surface area contributed by atoms with Gasteiger partial charge in [0.2, 0.25) is 35.4 Å². The summed E-state index contributed by atoms with van der Waals surface area (Å²) in [6, 6.07) is -5.36. The van der Waals surface area contributed by atoms with Crippen molar-refractivity contribution in [3.05, 3.63) is 0 Å². The Morgan fingerprint density at radius 2 is 1.27 bits per heavy atom. The van der Waals surface area contributed by atoms with E-state index in [-0.39, 0.29) is 43.1 Å². The smallest absolute Gasteiger partial charge is 0.248 e. The van der Waals surface area contributed by atoms with Crippen molar-refractivity contribution < 1.29 is 33.9 Å².